The molecule has 8 heteroatoms. The number of amides is 1. The highest BCUT2D eigenvalue weighted by Crippen LogP contribution is 2.31. The number of likely N-dealkylation sites (N-methyl/N-ethyl adjacent to an activating group) is 1. The molecule has 0 aromatic carbocycles. The number of hydrogen-bond acceptors (Lipinski definition) is 6. The summed E-state index contributed by atoms with van der Waals surface area (Å²) in [7, 11) is 1.67. The van der Waals surface area contributed by atoms with Crippen molar-refractivity contribution in [3.05, 3.63) is 30.1 Å². The van der Waals surface area contributed by atoms with Crippen LogP contribution in [0.5, 0.6) is 0 Å². The van der Waals surface area contributed by atoms with Gasteiger partial charge in [0.05, 0.1) is 29.8 Å². The molecule has 0 bridgehead atoms. The quantitative estimate of drug-likeness (QED) is 0.698. The average Bonchev–Trinajstić information content (AvgIpc) is 2.65. The number of pyridine rings is 2. The van der Waals surface area contributed by atoms with E-state index >= 15 is 0 Å². The summed E-state index contributed by atoms with van der Waals surface area (Å²) in [6.45, 7) is 6.86. The second-order valence-corrected chi connectivity index (χ2v) is 9.56. The second-order valence-electron chi connectivity index (χ2n) is 9.56. The number of fused-ring (bicyclic) bond motifs is 1. The lowest BCUT2D eigenvalue weighted by molar-refractivity contribution is -0.141. The van der Waals surface area contributed by atoms with Gasteiger partial charge in [0.2, 0.25) is 5.91 Å². The highest BCUT2D eigenvalue weighted by molar-refractivity contribution is 5.88. The number of carboxylic acids is 1. The van der Waals surface area contributed by atoms with Crippen LogP contribution in [0, 0.1) is 12.3 Å². The Bertz CT molecular complexity index is 977. The second kappa shape index (κ2) is 8.78. The van der Waals surface area contributed by atoms with E-state index in [1.165, 1.54) is 4.90 Å². The number of rotatable bonds is 7. The molecule has 3 rings (SSSR count). The molecule has 0 radical (unpaired) electrons. The minimum absolute atomic E-state index is 0.0772. The van der Waals surface area contributed by atoms with E-state index in [2.05, 4.69) is 14.9 Å². The molecule has 2 N–H and O–H groups in total. The number of β-amino-alcohol motifs (C(OH)–C–C–N with tert-alkyl or cyclic N) is 1. The molecule has 0 saturated carbocycles. The number of carbonyl (C=O) groups excluding carboxylic acids is 1. The van der Waals surface area contributed by atoms with Crippen LogP contribution in [-0.4, -0.2) is 69.2 Å². The fraction of sp³-hybridized carbons (Fsp3) is 0.565. The van der Waals surface area contributed by atoms with Crippen LogP contribution in [0.3, 0.4) is 0 Å². The summed E-state index contributed by atoms with van der Waals surface area (Å²) in [6, 6.07) is 5.80. The molecule has 1 amide bonds. The van der Waals surface area contributed by atoms with Crippen LogP contribution >= 0.6 is 0 Å². The minimum Gasteiger partial charge on any atom is -0.481 e. The topological polar surface area (TPSA) is 107 Å². The molecule has 0 spiro atoms. The zero-order valence-electron chi connectivity index (χ0n) is 18.8. The van der Waals surface area contributed by atoms with Gasteiger partial charge in [-0.2, -0.15) is 0 Å². The van der Waals surface area contributed by atoms with Crippen LogP contribution in [-0.2, 0) is 9.59 Å². The summed E-state index contributed by atoms with van der Waals surface area (Å²) in [5.41, 5.74) is 1.76. The molecule has 1 aliphatic heterocycles. The molecule has 1 aliphatic rings. The highest BCUT2D eigenvalue weighted by atomic mass is 16.4. The van der Waals surface area contributed by atoms with Crippen molar-refractivity contribution in [2.24, 2.45) is 5.41 Å². The number of anilines is 1. The third kappa shape index (κ3) is 5.70. The third-order valence-corrected chi connectivity index (χ3v) is 5.81. The smallest absolute Gasteiger partial charge is 0.303 e. The van der Waals surface area contributed by atoms with Crippen molar-refractivity contribution in [2.75, 3.05) is 31.6 Å². The van der Waals surface area contributed by atoms with Crippen molar-refractivity contribution in [3.63, 3.8) is 0 Å². The fourth-order valence-corrected chi connectivity index (χ4v) is 4.36. The number of carbonyl (C=O) groups is 2. The number of aromatic nitrogens is 2. The predicted octanol–water partition coefficient (Wildman–Crippen LogP) is 2.62. The van der Waals surface area contributed by atoms with E-state index in [9.17, 15) is 14.7 Å². The van der Waals surface area contributed by atoms with Gasteiger partial charge in [-0.05, 0) is 43.4 Å². The Morgan fingerprint density at radius 1 is 1.26 bits per heavy atom. The first kappa shape index (κ1) is 22.9. The van der Waals surface area contributed by atoms with Gasteiger partial charge in [-0.3, -0.25) is 14.6 Å². The predicted molar refractivity (Wildman–Crippen MR) is 119 cm³/mol. The number of piperidine rings is 1. The van der Waals surface area contributed by atoms with Crippen molar-refractivity contribution in [1.29, 1.82) is 0 Å². The van der Waals surface area contributed by atoms with E-state index < -0.39 is 17.0 Å². The maximum Gasteiger partial charge on any atom is 0.303 e. The molecule has 168 valence electrons. The molecule has 3 heterocycles. The van der Waals surface area contributed by atoms with E-state index in [-0.39, 0.29) is 25.3 Å². The zero-order chi connectivity index (χ0) is 22.8. The standard InChI is InChI=1S/C23H32N4O4/c1-16-6-7-17-21(25-16)18(8-10-24-17)27-11-5-9-23(31,15-27)14-26(4)19(28)12-22(2,3)13-20(29)30/h6-8,10,31H,5,9,11-15H2,1-4H3,(H,29,30)/t23-/m0/s1. The average molecular weight is 429 g/mol. The van der Waals surface area contributed by atoms with Crippen LogP contribution in [0.15, 0.2) is 24.4 Å². The van der Waals surface area contributed by atoms with Crippen LogP contribution in [0.1, 0.15) is 45.2 Å². The number of aliphatic carboxylic acids is 1. The Kier molecular flexibility index (Phi) is 6.50. The van der Waals surface area contributed by atoms with Gasteiger partial charge in [0.1, 0.15) is 5.52 Å². The molecule has 0 unspecified atom stereocenters. The lowest BCUT2D eigenvalue weighted by atomic mass is 9.85. The molecule has 1 fully saturated rings. The van der Waals surface area contributed by atoms with Gasteiger partial charge in [-0.15, -0.1) is 0 Å². The fourth-order valence-electron chi connectivity index (χ4n) is 4.36. The van der Waals surface area contributed by atoms with Gasteiger partial charge in [-0.25, -0.2) is 4.98 Å². The van der Waals surface area contributed by atoms with Crippen molar-refractivity contribution < 1.29 is 19.8 Å². The molecule has 1 atom stereocenters. The van der Waals surface area contributed by atoms with Crippen LogP contribution in [0.25, 0.3) is 11.0 Å². The van der Waals surface area contributed by atoms with Gasteiger partial charge < -0.3 is 20.0 Å². The number of aryl methyl sites for hydroxylation is 1. The number of nitrogens with zero attached hydrogens (tertiary/aromatic N) is 4. The summed E-state index contributed by atoms with van der Waals surface area (Å²) in [4.78, 5) is 36.4. The number of aliphatic hydroxyl groups is 1. The molecule has 2 aromatic rings. The third-order valence-electron chi connectivity index (χ3n) is 5.81. The highest BCUT2D eigenvalue weighted by Gasteiger charge is 2.37. The summed E-state index contributed by atoms with van der Waals surface area (Å²) >= 11 is 0. The summed E-state index contributed by atoms with van der Waals surface area (Å²) in [5, 5.41) is 20.4. The number of carboxylic acid groups (broad SMARTS) is 1. The van der Waals surface area contributed by atoms with Gasteiger partial charge >= 0.3 is 5.97 Å². The van der Waals surface area contributed by atoms with E-state index in [0.29, 0.717) is 13.0 Å². The molecule has 8 nitrogen and oxygen atoms in total. The van der Waals surface area contributed by atoms with Crippen molar-refractivity contribution >= 4 is 28.6 Å². The normalized spacial score (nSPS) is 19.5. The van der Waals surface area contributed by atoms with E-state index in [4.69, 9.17) is 5.11 Å². The summed E-state index contributed by atoms with van der Waals surface area (Å²) in [5.74, 6) is -1.08. The lowest BCUT2D eigenvalue weighted by Gasteiger charge is -2.42. The largest absolute Gasteiger partial charge is 0.481 e. The Labute approximate surface area is 182 Å². The molecule has 0 aliphatic carbocycles. The van der Waals surface area contributed by atoms with E-state index in [1.54, 1.807) is 27.1 Å². The molecule has 2 aromatic heterocycles. The monoisotopic (exact) mass is 428 g/mol. The van der Waals surface area contributed by atoms with E-state index in [0.717, 1.165) is 35.4 Å². The summed E-state index contributed by atoms with van der Waals surface area (Å²) in [6.07, 6.45) is 3.18. The zero-order valence-corrected chi connectivity index (χ0v) is 18.8. The van der Waals surface area contributed by atoms with Crippen LogP contribution < -0.4 is 4.90 Å². The minimum atomic E-state index is -1.06. The Morgan fingerprint density at radius 3 is 2.71 bits per heavy atom. The van der Waals surface area contributed by atoms with Crippen molar-refractivity contribution in [1.82, 2.24) is 14.9 Å². The molecular weight excluding hydrogens is 396 g/mol. The maximum atomic E-state index is 12.7. The van der Waals surface area contributed by atoms with Gasteiger partial charge in [0.15, 0.2) is 0 Å². The van der Waals surface area contributed by atoms with Crippen LogP contribution in [0.4, 0.5) is 5.69 Å². The van der Waals surface area contributed by atoms with Gasteiger partial charge in [0.25, 0.3) is 0 Å². The Morgan fingerprint density at radius 2 is 2.00 bits per heavy atom. The Hall–Kier alpha value is -2.74. The van der Waals surface area contributed by atoms with Gasteiger partial charge in [0, 0.05) is 38.4 Å². The SMILES string of the molecule is Cc1ccc2nccc(N3CCC[C@](O)(CN(C)C(=O)CC(C)(C)CC(=O)O)C3)c2n1. The van der Waals surface area contributed by atoms with Crippen molar-refractivity contribution in [2.45, 2.75) is 52.1 Å². The number of hydrogen-bond donors (Lipinski definition) is 2. The van der Waals surface area contributed by atoms with Crippen LogP contribution in [0.2, 0.25) is 0 Å². The first-order valence-corrected chi connectivity index (χ1v) is 10.6. The first-order valence-electron chi connectivity index (χ1n) is 10.6. The Balaban J connectivity index is 1.73. The lowest BCUT2D eigenvalue weighted by Crippen LogP contribution is -2.55. The summed E-state index contributed by atoms with van der Waals surface area (Å²) < 4.78 is 0. The first-order chi connectivity index (χ1) is 14.5. The molecule has 31 heavy (non-hydrogen) atoms. The van der Waals surface area contributed by atoms with Gasteiger partial charge in [-0.1, -0.05) is 13.8 Å². The van der Waals surface area contributed by atoms with Crippen molar-refractivity contribution in [3.8, 4) is 0 Å². The molecular formula is C23H32N4O4. The maximum absolute atomic E-state index is 12.7. The molecule has 1 saturated heterocycles. The van der Waals surface area contributed by atoms with E-state index in [1.807, 2.05) is 25.1 Å².